The molecule has 0 bridgehead atoms. The highest BCUT2D eigenvalue weighted by Gasteiger charge is 2.16. The van der Waals surface area contributed by atoms with Crippen LogP contribution < -0.4 is 0 Å². The first-order valence-corrected chi connectivity index (χ1v) is 8.06. The monoisotopic (exact) mass is 367 g/mol. The fraction of sp³-hybridized carbons (Fsp3) is 0. The number of carboxylic acid groups (broad SMARTS) is 1. The van der Waals surface area contributed by atoms with Crippen LogP contribution in [0.5, 0.6) is 0 Å². The van der Waals surface area contributed by atoms with Gasteiger partial charge in [-0.15, -0.1) is 0 Å². The van der Waals surface area contributed by atoms with Crippen LogP contribution in [0.15, 0.2) is 60.7 Å². The first kappa shape index (κ1) is 16.2. The maximum Gasteiger partial charge on any atom is 0.356 e. The highest BCUT2D eigenvalue weighted by molar-refractivity contribution is 6.33. The van der Waals surface area contributed by atoms with Crippen LogP contribution in [0.1, 0.15) is 10.5 Å². The summed E-state index contributed by atoms with van der Waals surface area (Å²) in [6, 6.07) is 16.2. The van der Waals surface area contributed by atoms with Gasteiger partial charge in [0.2, 0.25) is 0 Å². The molecule has 2 aromatic heterocycles. The number of hydrogen-bond acceptors (Lipinski definition) is 3. The van der Waals surface area contributed by atoms with E-state index in [9.17, 15) is 14.3 Å². The third-order valence-electron chi connectivity index (χ3n) is 3.94. The van der Waals surface area contributed by atoms with Gasteiger partial charge in [-0.3, -0.25) is 0 Å². The van der Waals surface area contributed by atoms with Crippen molar-refractivity contribution in [1.29, 1.82) is 0 Å². The van der Waals surface area contributed by atoms with E-state index in [2.05, 4.69) is 10.1 Å². The fourth-order valence-electron chi connectivity index (χ4n) is 2.71. The molecule has 128 valence electrons. The third kappa shape index (κ3) is 2.80. The minimum absolute atomic E-state index is 0.123. The SMILES string of the molecule is O=C(O)c1cc2nc(-c3ccc(F)cc3)cc(-c3ccccc3Cl)n2n1. The molecular weight excluding hydrogens is 357 g/mol. The van der Waals surface area contributed by atoms with E-state index in [4.69, 9.17) is 11.6 Å². The molecule has 4 rings (SSSR count). The molecule has 0 saturated carbocycles. The summed E-state index contributed by atoms with van der Waals surface area (Å²) < 4.78 is 14.7. The predicted molar refractivity (Wildman–Crippen MR) is 95.8 cm³/mol. The smallest absolute Gasteiger partial charge is 0.356 e. The summed E-state index contributed by atoms with van der Waals surface area (Å²) in [5.74, 6) is -1.50. The highest BCUT2D eigenvalue weighted by Crippen LogP contribution is 2.31. The summed E-state index contributed by atoms with van der Waals surface area (Å²) in [6.45, 7) is 0. The topological polar surface area (TPSA) is 67.5 Å². The number of benzene rings is 2. The number of aromatic carboxylic acids is 1. The van der Waals surface area contributed by atoms with Crippen LogP contribution in [-0.4, -0.2) is 25.7 Å². The van der Waals surface area contributed by atoms with Gasteiger partial charge in [-0.25, -0.2) is 18.7 Å². The molecule has 0 aliphatic carbocycles. The standard InChI is InChI=1S/C19H11ClFN3O2/c20-14-4-2-1-3-13(14)17-9-15(11-5-7-12(21)8-6-11)22-18-10-16(19(25)26)23-24(17)18/h1-10H,(H,25,26). The molecule has 2 heterocycles. The molecule has 0 aliphatic rings. The lowest BCUT2D eigenvalue weighted by atomic mass is 10.1. The molecule has 2 aromatic carbocycles. The normalized spacial score (nSPS) is 11.0. The first-order valence-electron chi connectivity index (χ1n) is 7.68. The van der Waals surface area contributed by atoms with Gasteiger partial charge in [-0.1, -0.05) is 29.8 Å². The van der Waals surface area contributed by atoms with Crippen LogP contribution in [0, 0.1) is 5.82 Å². The van der Waals surface area contributed by atoms with E-state index in [-0.39, 0.29) is 11.5 Å². The quantitative estimate of drug-likeness (QED) is 0.576. The second-order valence-electron chi connectivity index (χ2n) is 5.62. The first-order chi connectivity index (χ1) is 12.5. The Balaban J connectivity index is 2.02. The van der Waals surface area contributed by atoms with E-state index >= 15 is 0 Å². The predicted octanol–water partition coefficient (Wildman–Crippen LogP) is 4.55. The molecule has 0 amide bonds. The van der Waals surface area contributed by atoms with Gasteiger partial charge in [0.25, 0.3) is 0 Å². The largest absolute Gasteiger partial charge is 0.476 e. The number of nitrogens with zero attached hydrogens (tertiary/aromatic N) is 3. The molecule has 4 aromatic rings. The Morgan fingerprint density at radius 1 is 1.08 bits per heavy atom. The second-order valence-corrected chi connectivity index (χ2v) is 6.03. The summed E-state index contributed by atoms with van der Waals surface area (Å²) in [5, 5.41) is 13.9. The summed E-state index contributed by atoms with van der Waals surface area (Å²) in [4.78, 5) is 15.8. The molecule has 0 saturated heterocycles. The molecule has 0 aliphatic heterocycles. The number of fused-ring (bicyclic) bond motifs is 1. The summed E-state index contributed by atoms with van der Waals surface area (Å²) in [5.41, 5.74) is 2.77. The molecule has 0 unspecified atom stereocenters. The lowest BCUT2D eigenvalue weighted by molar-refractivity contribution is 0.0690. The molecule has 26 heavy (non-hydrogen) atoms. The lowest BCUT2D eigenvalue weighted by Crippen LogP contribution is -2.01. The zero-order valence-corrected chi connectivity index (χ0v) is 14.0. The number of rotatable bonds is 3. The average molecular weight is 368 g/mol. The van der Waals surface area contributed by atoms with E-state index in [1.165, 1.54) is 22.7 Å². The van der Waals surface area contributed by atoms with Crippen molar-refractivity contribution in [2.24, 2.45) is 0 Å². The third-order valence-corrected chi connectivity index (χ3v) is 4.27. The van der Waals surface area contributed by atoms with Crippen LogP contribution in [0.3, 0.4) is 0 Å². The molecule has 0 radical (unpaired) electrons. The number of halogens is 2. The highest BCUT2D eigenvalue weighted by atomic mass is 35.5. The Hall–Kier alpha value is -3.25. The van der Waals surface area contributed by atoms with Crippen molar-refractivity contribution in [2.45, 2.75) is 0 Å². The van der Waals surface area contributed by atoms with Crippen LogP contribution in [0.4, 0.5) is 4.39 Å². The Bertz CT molecular complexity index is 1140. The van der Waals surface area contributed by atoms with Crippen LogP contribution in [0.25, 0.3) is 28.2 Å². The van der Waals surface area contributed by atoms with Crippen LogP contribution >= 0.6 is 11.6 Å². The Morgan fingerprint density at radius 2 is 1.81 bits per heavy atom. The molecule has 7 heteroatoms. The molecule has 5 nitrogen and oxygen atoms in total. The summed E-state index contributed by atoms with van der Waals surface area (Å²) in [7, 11) is 0. The Labute approximate surface area is 152 Å². The van der Waals surface area contributed by atoms with E-state index in [1.807, 2.05) is 12.1 Å². The molecule has 1 N–H and O–H groups in total. The number of carboxylic acids is 1. The second kappa shape index (κ2) is 6.24. The maximum atomic E-state index is 13.2. The van der Waals surface area contributed by atoms with Crippen molar-refractivity contribution in [2.75, 3.05) is 0 Å². The van der Waals surface area contributed by atoms with Gasteiger partial charge >= 0.3 is 5.97 Å². The van der Waals surface area contributed by atoms with E-state index in [1.54, 1.807) is 30.3 Å². The van der Waals surface area contributed by atoms with E-state index in [0.717, 1.165) is 0 Å². The van der Waals surface area contributed by atoms with E-state index in [0.29, 0.717) is 33.2 Å². The Kier molecular flexibility index (Phi) is 3.89. The van der Waals surface area contributed by atoms with Gasteiger partial charge < -0.3 is 5.11 Å². The van der Waals surface area contributed by atoms with Gasteiger partial charge in [0.1, 0.15) is 5.82 Å². The Morgan fingerprint density at radius 3 is 2.50 bits per heavy atom. The van der Waals surface area contributed by atoms with Gasteiger partial charge in [0, 0.05) is 22.2 Å². The van der Waals surface area contributed by atoms with Gasteiger partial charge in [-0.05, 0) is 36.4 Å². The van der Waals surface area contributed by atoms with Crippen molar-refractivity contribution in [3.05, 3.63) is 77.2 Å². The van der Waals surface area contributed by atoms with Crippen molar-refractivity contribution in [3.8, 4) is 22.5 Å². The van der Waals surface area contributed by atoms with Crippen molar-refractivity contribution in [3.63, 3.8) is 0 Å². The number of carbonyl (C=O) groups is 1. The maximum absolute atomic E-state index is 13.2. The van der Waals surface area contributed by atoms with Gasteiger partial charge in [0.05, 0.1) is 11.4 Å². The van der Waals surface area contributed by atoms with E-state index < -0.39 is 5.97 Å². The van der Waals surface area contributed by atoms with Crippen LogP contribution in [0.2, 0.25) is 5.02 Å². The van der Waals surface area contributed by atoms with Crippen LogP contribution in [-0.2, 0) is 0 Å². The zero-order valence-electron chi connectivity index (χ0n) is 13.2. The average Bonchev–Trinajstić information content (AvgIpc) is 3.07. The van der Waals surface area contributed by atoms with Crippen molar-refractivity contribution in [1.82, 2.24) is 14.6 Å². The van der Waals surface area contributed by atoms with Crippen molar-refractivity contribution >= 4 is 23.2 Å². The van der Waals surface area contributed by atoms with Gasteiger partial charge in [0.15, 0.2) is 11.3 Å². The van der Waals surface area contributed by atoms with Gasteiger partial charge in [-0.2, -0.15) is 5.10 Å². The fourth-order valence-corrected chi connectivity index (χ4v) is 2.94. The van der Waals surface area contributed by atoms with Crippen molar-refractivity contribution < 1.29 is 14.3 Å². The molecule has 0 fully saturated rings. The summed E-state index contributed by atoms with van der Waals surface area (Å²) >= 11 is 6.32. The molecular formula is C19H11ClFN3O2. The number of aromatic nitrogens is 3. The zero-order chi connectivity index (χ0) is 18.3. The molecule has 0 spiro atoms. The number of hydrogen-bond donors (Lipinski definition) is 1. The minimum Gasteiger partial charge on any atom is -0.476 e. The minimum atomic E-state index is -1.15. The molecule has 0 atom stereocenters. The summed E-state index contributed by atoms with van der Waals surface area (Å²) in [6.07, 6.45) is 0. The lowest BCUT2D eigenvalue weighted by Gasteiger charge is -2.10.